The summed E-state index contributed by atoms with van der Waals surface area (Å²) in [5.41, 5.74) is -0.343. The molecule has 0 aliphatic carbocycles. The largest absolute Gasteiger partial charge is 0.380 e. The van der Waals surface area contributed by atoms with Crippen molar-refractivity contribution in [3.05, 3.63) is 0 Å². The molecule has 5 nitrogen and oxygen atoms in total. The second-order valence-corrected chi connectivity index (χ2v) is 4.73. The van der Waals surface area contributed by atoms with Gasteiger partial charge in [0.15, 0.2) is 5.66 Å². The van der Waals surface area contributed by atoms with E-state index in [0.29, 0.717) is 32.4 Å². The number of terminal acetylenes is 1. The molecule has 1 saturated heterocycles. The zero-order valence-electron chi connectivity index (χ0n) is 10.6. The maximum Gasteiger partial charge on any atom is 0.222 e. The number of carbonyl (C=O) groups is 1. The van der Waals surface area contributed by atoms with Crippen molar-refractivity contribution in [1.82, 2.24) is 4.90 Å². The molecule has 0 aromatic heterocycles. The predicted molar refractivity (Wildman–Crippen MR) is 66.9 cm³/mol. The Kier molecular flexibility index (Phi) is 4.32. The Morgan fingerprint density at radius 1 is 1.33 bits per heavy atom. The highest BCUT2D eigenvalue weighted by molar-refractivity contribution is 5.76. The van der Waals surface area contributed by atoms with Crippen LogP contribution in [0.1, 0.15) is 32.1 Å². The molecule has 1 amide bonds. The lowest BCUT2D eigenvalue weighted by molar-refractivity contribution is -0.131. The average Bonchev–Trinajstić information content (AvgIpc) is 3.18. The van der Waals surface area contributed by atoms with Crippen LogP contribution in [0.15, 0.2) is 10.2 Å². The van der Waals surface area contributed by atoms with Crippen LogP contribution in [0.4, 0.5) is 0 Å². The van der Waals surface area contributed by atoms with Crippen molar-refractivity contribution in [2.75, 3.05) is 26.3 Å². The van der Waals surface area contributed by atoms with Gasteiger partial charge in [0.05, 0.1) is 6.61 Å². The van der Waals surface area contributed by atoms with Crippen molar-refractivity contribution in [2.45, 2.75) is 37.8 Å². The fourth-order valence-electron chi connectivity index (χ4n) is 2.13. The van der Waals surface area contributed by atoms with Crippen molar-refractivity contribution >= 4 is 5.91 Å². The monoisotopic (exact) mass is 249 g/mol. The summed E-state index contributed by atoms with van der Waals surface area (Å²) in [6.45, 7) is 2.89. The Bertz CT molecular complexity index is 359. The standard InChI is InChI=1S/C13H19N3O2/c1-2-3-6-13(14-15-13)7-5-12(17)16-8-4-10-18-11-9-16/h1H,3-11H2. The van der Waals surface area contributed by atoms with Gasteiger partial charge < -0.3 is 9.64 Å². The van der Waals surface area contributed by atoms with Gasteiger partial charge >= 0.3 is 0 Å². The molecule has 18 heavy (non-hydrogen) atoms. The molecule has 0 aromatic carbocycles. The summed E-state index contributed by atoms with van der Waals surface area (Å²) >= 11 is 0. The molecule has 0 atom stereocenters. The Hall–Kier alpha value is -1.41. The van der Waals surface area contributed by atoms with E-state index in [0.717, 1.165) is 26.0 Å². The minimum atomic E-state index is -0.343. The molecule has 2 aliphatic heterocycles. The Morgan fingerprint density at radius 3 is 2.89 bits per heavy atom. The molecule has 0 spiro atoms. The summed E-state index contributed by atoms with van der Waals surface area (Å²) in [5.74, 6) is 2.77. The molecule has 0 bridgehead atoms. The summed E-state index contributed by atoms with van der Waals surface area (Å²) in [5, 5.41) is 8.08. The number of carbonyl (C=O) groups excluding carboxylic acids is 1. The number of amides is 1. The van der Waals surface area contributed by atoms with Crippen LogP contribution in [-0.2, 0) is 9.53 Å². The van der Waals surface area contributed by atoms with Crippen molar-refractivity contribution in [2.24, 2.45) is 10.2 Å². The van der Waals surface area contributed by atoms with E-state index >= 15 is 0 Å². The van der Waals surface area contributed by atoms with Crippen LogP contribution in [0.5, 0.6) is 0 Å². The quantitative estimate of drug-likeness (QED) is 0.695. The third-order valence-electron chi connectivity index (χ3n) is 3.37. The fraction of sp³-hybridized carbons (Fsp3) is 0.769. The first kappa shape index (κ1) is 13.0. The number of ether oxygens (including phenoxy) is 1. The van der Waals surface area contributed by atoms with Crippen LogP contribution in [0, 0.1) is 12.3 Å². The lowest BCUT2D eigenvalue weighted by Gasteiger charge is -2.20. The van der Waals surface area contributed by atoms with Crippen molar-refractivity contribution in [3.63, 3.8) is 0 Å². The van der Waals surface area contributed by atoms with E-state index < -0.39 is 0 Å². The van der Waals surface area contributed by atoms with Crippen molar-refractivity contribution in [3.8, 4) is 12.3 Å². The first-order valence-corrected chi connectivity index (χ1v) is 6.49. The van der Waals surface area contributed by atoms with Crippen LogP contribution in [-0.4, -0.2) is 42.8 Å². The number of rotatable bonds is 5. The average molecular weight is 249 g/mol. The Balaban J connectivity index is 1.72. The summed E-state index contributed by atoms with van der Waals surface area (Å²) < 4.78 is 5.33. The van der Waals surface area contributed by atoms with Crippen LogP contribution < -0.4 is 0 Å². The second kappa shape index (κ2) is 5.96. The van der Waals surface area contributed by atoms with E-state index in [1.165, 1.54) is 0 Å². The van der Waals surface area contributed by atoms with Gasteiger partial charge in [0.2, 0.25) is 5.91 Å². The lowest BCUT2D eigenvalue weighted by Crippen LogP contribution is -2.33. The maximum absolute atomic E-state index is 12.0. The normalized spacial score (nSPS) is 21.2. The van der Waals surface area contributed by atoms with Crippen molar-refractivity contribution in [1.29, 1.82) is 0 Å². The lowest BCUT2D eigenvalue weighted by atomic mass is 10.0. The Morgan fingerprint density at radius 2 is 2.17 bits per heavy atom. The maximum atomic E-state index is 12.0. The van der Waals surface area contributed by atoms with Gasteiger partial charge in [-0.1, -0.05) is 0 Å². The minimum absolute atomic E-state index is 0.179. The first-order chi connectivity index (χ1) is 8.76. The zero-order valence-corrected chi connectivity index (χ0v) is 10.6. The Labute approximate surface area is 108 Å². The smallest absolute Gasteiger partial charge is 0.222 e. The fourth-order valence-corrected chi connectivity index (χ4v) is 2.13. The molecule has 98 valence electrons. The van der Waals surface area contributed by atoms with Crippen LogP contribution >= 0.6 is 0 Å². The molecular weight excluding hydrogens is 230 g/mol. The number of hydrogen-bond acceptors (Lipinski definition) is 4. The van der Waals surface area contributed by atoms with Gasteiger partial charge in [0, 0.05) is 45.4 Å². The van der Waals surface area contributed by atoms with E-state index in [1.54, 1.807) is 0 Å². The van der Waals surface area contributed by atoms with E-state index in [4.69, 9.17) is 11.2 Å². The molecule has 0 saturated carbocycles. The van der Waals surface area contributed by atoms with E-state index in [9.17, 15) is 4.79 Å². The molecule has 1 fully saturated rings. The molecule has 0 aromatic rings. The van der Waals surface area contributed by atoms with Gasteiger partial charge in [-0.25, -0.2) is 0 Å². The second-order valence-electron chi connectivity index (χ2n) is 4.73. The van der Waals surface area contributed by atoms with E-state index in [-0.39, 0.29) is 11.6 Å². The van der Waals surface area contributed by atoms with Crippen molar-refractivity contribution < 1.29 is 9.53 Å². The third-order valence-corrected chi connectivity index (χ3v) is 3.37. The van der Waals surface area contributed by atoms with Crippen LogP contribution in [0.25, 0.3) is 0 Å². The first-order valence-electron chi connectivity index (χ1n) is 6.49. The highest BCUT2D eigenvalue weighted by Gasteiger charge is 2.39. The van der Waals surface area contributed by atoms with E-state index in [2.05, 4.69) is 16.1 Å². The van der Waals surface area contributed by atoms with E-state index in [1.807, 2.05) is 4.90 Å². The molecule has 0 unspecified atom stereocenters. The summed E-state index contributed by atoms with van der Waals surface area (Å²) in [6, 6.07) is 0. The molecule has 2 aliphatic rings. The highest BCUT2D eigenvalue weighted by Crippen LogP contribution is 2.37. The third kappa shape index (κ3) is 3.54. The summed E-state index contributed by atoms with van der Waals surface area (Å²) in [6.07, 6.45) is 8.76. The number of nitrogens with zero attached hydrogens (tertiary/aromatic N) is 3. The topological polar surface area (TPSA) is 54.3 Å². The zero-order chi connectivity index (χ0) is 12.8. The van der Waals surface area contributed by atoms with Crippen LogP contribution in [0.2, 0.25) is 0 Å². The highest BCUT2D eigenvalue weighted by atomic mass is 16.5. The van der Waals surface area contributed by atoms with Gasteiger partial charge in [0.1, 0.15) is 0 Å². The molecule has 0 N–H and O–H groups in total. The predicted octanol–water partition coefficient (Wildman–Crippen LogP) is 1.59. The van der Waals surface area contributed by atoms with Gasteiger partial charge in [-0.3, -0.25) is 4.79 Å². The summed E-state index contributed by atoms with van der Waals surface area (Å²) in [7, 11) is 0. The van der Waals surface area contributed by atoms with Gasteiger partial charge in [-0.05, 0) is 6.42 Å². The van der Waals surface area contributed by atoms with Gasteiger partial charge in [0.25, 0.3) is 0 Å². The molecule has 5 heteroatoms. The summed E-state index contributed by atoms with van der Waals surface area (Å²) in [4.78, 5) is 13.9. The molecule has 2 heterocycles. The molecule has 0 radical (unpaired) electrons. The van der Waals surface area contributed by atoms with Gasteiger partial charge in [-0.2, -0.15) is 10.2 Å². The molecule has 2 rings (SSSR count). The van der Waals surface area contributed by atoms with Crippen LogP contribution in [0.3, 0.4) is 0 Å². The minimum Gasteiger partial charge on any atom is -0.380 e. The van der Waals surface area contributed by atoms with Gasteiger partial charge in [-0.15, -0.1) is 12.3 Å². The number of hydrogen-bond donors (Lipinski definition) is 0. The SMILES string of the molecule is C#CCCC1(CCC(=O)N2CCCOCC2)N=N1. The molecular formula is C13H19N3O2.